The van der Waals surface area contributed by atoms with Crippen molar-refractivity contribution >= 4 is 41.2 Å². The molecule has 162 valence electrons. The number of hydrogen-bond donors (Lipinski definition) is 2. The lowest BCUT2D eigenvalue weighted by Crippen LogP contribution is -2.42. The number of para-hydroxylation sites is 1. The molecule has 1 fully saturated rings. The second kappa shape index (κ2) is 9.42. The summed E-state index contributed by atoms with van der Waals surface area (Å²) in [5.41, 5.74) is 4.84. The molecule has 1 aliphatic heterocycles. The summed E-state index contributed by atoms with van der Waals surface area (Å²) in [5, 5.41) is 3.95. The van der Waals surface area contributed by atoms with Crippen molar-refractivity contribution in [3.63, 3.8) is 0 Å². The van der Waals surface area contributed by atoms with Gasteiger partial charge in [0.05, 0.1) is 12.7 Å². The van der Waals surface area contributed by atoms with E-state index >= 15 is 0 Å². The van der Waals surface area contributed by atoms with Crippen molar-refractivity contribution in [2.75, 3.05) is 7.11 Å². The van der Waals surface area contributed by atoms with Crippen LogP contribution in [-0.2, 0) is 4.79 Å². The highest BCUT2D eigenvalue weighted by Gasteiger charge is 2.47. The van der Waals surface area contributed by atoms with Gasteiger partial charge in [0.2, 0.25) is 12.3 Å². The lowest BCUT2D eigenvalue weighted by atomic mass is 9.99. The molecular weight excluding hydrogens is 449 g/mol. The molecule has 1 heterocycles. The minimum atomic E-state index is -0.842. The van der Waals surface area contributed by atoms with Gasteiger partial charge >= 0.3 is 5.91 Å². The Morgan fingerprint density at radius 3 is 2.28 bits per heavy atom. The molecule has 2 atom stereocenters. The molecule has 2 amide bonds. The maximum Gasteiger partial charge on any atom is 0.304 e. The van der Waals surface area contributed by atoms with Crippen LogP contribution in [0, 0.1) is 0 Å². The third-order valence-electron chi connectivity index (χ3n) is 5.16. The quantitative estimate of drug-likeness (QED) is 0.555. The highest BCUT2D eigenvalue weighted by atomic mass is 35.5. The van der Waals surface area contributed by atoms with Crippen molar-refractivity contribution in [3.8, 4) is 5.75 Å². The average molecular weight is 469 g/mol. The zero-order valence-corrected chi connectivity index (χ0v) is 18.6. The van der Waals surface area contributed by atoms with Gasteiger partial charge in [0.1, 0.15) is 5.75 Å². The molecule has 3 aromatic carbocycles. The summed E-state index contributed by atoms with van der Waals surface area (Å²) in [6.07, 6.45) is 1.78. The Hall–Kier alpha value is -3.35. The fourth-order valence-electron chi connectivity index (χ4n) is 3.59. The molecule has 3 aromatic rings. The molecule has 0 aliphatic carbocycles. The van der Waals surface area contributed by atoms with E-state index in [-0.39, 0.29) is 11.8 Å². The molecule has 6 nitrogen and oxygen atoms in total. The second-order valence-corrected chi connectivity index (χ2v) is 8.08. The zero-order valence-electron chi connectivity index (χ0n) is 17.1. The van der Waals surface area contributed by atoms with Gasteiger partial charge in [-0.15, -0.1) is 10.1 Å². The Labute approximate surface area is 195 Å². The number of hydrazine groups is 1. The molecule has 8 heteroatoms. The summed E-state index contributed by atoms with van der Waals surface area (Å²) in [7, 11) is 1.58. The van der Waals surface area contributed by atoms with E-state index in [1.807, 2.05) is 36.4 Å². The number of ether oxygens (including phenoxy) is 1. The molecule has 0 saturated carbocycles. The van der Waals surface area contributed by atoms with Crippen molar-refractivity contribution in [2.45, 2.75) is 12.1 Å². The topological polar surface area (TPSA) is 70.4 Å². The van der Waals surface area contributed by atoms with Gasteiger partial charge in [0, 0.05) is 21.2 Å². The number of nitrogens with one attached hydrogen (secondary N) is 2. The number of carbonyl (C=O) groups excluding carboxylic acids is 2. The Balaban J connectivity index is 1.72. The van der Waals surface area contributed by atoms with Crippen LogP contribution in [0.2, 0.25) is 10.0 Å². The van der Waals surface area contributed by atoms with Crippen molar-refractivity contribution in [1.29, 1.82) is 0 Å². The number of amides is 2. The molecule has 1 saturated heterocycles. The van der Waals surface area contributed by atoms with Crippen LogP contribution in [-0.4, -0.2) is 35.9 Å². The summed E-state index contributed by atoms with van der Waals surface area (Å²) in [4.78, 5) is 25.8. The number of hydrazone groups is 1. The zero-order chi connectivity index (χ0) is 22.7. The van der Waals surface area contributed by atoms with Crippen LogP contribution < -0.4 is 15.5 Å². The van der Waals surface area contributed by atoms with E-state index < -0.39 is 12.1 Å². The average Bonchev–Trinajstić information content (AvgIpc) is 3.09. The van der Waals surface area contributed by atoms with Crippen LogP contribution in [0.1, 0.15) is 27.5 Å². The first kappa shape index (κ1) is 21.9. The number of nitrogens with zero attached hydrogens (tertiary/aromatic N) is 1. The van der Waals surface area contributed by atoms with Gasteiger partial charge < -0.3 is 10.1 Å². The van der Waals surface area contributed by atoms with E-state index in [1.54, 1.807) is 54.4 Å². The number of rotatable bonds is 5. The third-order valence-corrected chi connectivity index (χ3v) is 5.66. The summed E-state index contributed by atoms with van der Waals surface area (Å²) in [5.74, 6) is -0.0522. The van der Waals surface area contributed by atoms with Crippen molar-refractivity contribution < 1.29 is 19.0 Å². The number of methoxy groups -OCH3 is 1. The molecule has 2 N–H and O–H groups in total. The lowest BCUT2D eigenvalue weighted by Gasteiger charge is -2.15. The largest absolute Gasteiger partial charge is 0.496 e. The van der Waals surface area contributed by atoms with Gasteiger partial charge in [-0.2, -0.15) is 0 Å². The van der Waals surface area contributed by atoms with E-state index in [0.29, 0.717) is 21.4 Å². The Morgan fingerprint density at radius 1 is 1.00 bits per heavy atom. The maximum atomic E-state index is 12.9. The van der Waals surface area contributed by atoms with Crippen molar-refractivity contribution in [1.82, 2.24) is 10.7 Å². The fourth-order valence-corrected chi connectivity index (χ4v) is 3.84. The second-order valence-electron chi connectivity index (χ2n) is 7.21. The van der Waals surface area contributed by atoms with E-state index in [1.165, 1.54) is 0 Å². The van der Waals surface area contributed by atoms with E-state index in [2.05, 4.69) is 10.7 Å². The molecule has 0 unspecified atom stereocenters. The Morgan fingerprint density at radius 2 is 1.62 bits per heavy atom. The molecule has 4 rings (SSSR count). The number of halogens is 2. The van der Waals surface area contributed by atoms with E-state index in [0.717, 1.165) is 11.1 Å². The summed E-state index contributed by atoms with van der Waals surface area (Å²) in [6.45, 7) is 0. The highest BCUT2D eigenvalue weighted by molar-refractivity contribution is 6.30. The monoisotopic (exact) mass is 468 g/mol. The molecule has 0 radical (unpaired) electrons. The van der Waals surface area contributed by atoms with Crippen LogP contribution in [0.15, 0.2) is 72.8 Å². The smallest absolute Gasteiger partial charge is 0.304 e. The SMILES string of the molecule is COc1ccccc1/C=[N+]1\NC(=O)[C@H](NC(=O)c2ccc(Cl)cc2)[C@H]1c1ccc(Cl)cc1. The lowest BCUT2D eigenvalue weighted by molar-refractivity contribution is -0.596. The van der Waals surface area contributed by atoms with Gasteiger partial charge in [-0.25, -0.2) is 0 Å². The predicted molar refractivity (Wildman–Crippen MR) is 123 cm³/mol. The van der Waals surface area contributed by atoms with E-state index in [4.69, 9.17) is 27.9 Å². The number of benzene rings is 3. The molecule has 0 bridgehead atoms. The van der Waals surface area contributed by atoms with Crippen LogP contribution >= 0.6 is 23.2 Å². The molecule has 0 aromatic heterocycles. The first-order valence-electron chi connectivity index (χ1n) is 9.85. The minimum absolute atomic E-state index is 0.335. The van der Waals surface area contributed by atoms with Gasteiger partial charge in [-0.3, -0.25) is 9.59 Å². The van der Waals surface area contributed by atoms with Gasteiger partial charge in [-0.1, -0.05) is 47.5 Å². The molecule has 1 aliphatic rings. The number of carbonyl (C=O) groups is 2. The van der Waals surface area contributed by atoms with E-state index in [9.17, 15) is 9.59 Å². The van der Waals surface area contributed by atoms with Gasteiger partial charge in [-0.05, 0) is 48.5 Å². The Bertz CT molecular complexity index is 1180. The first-order valence-corrected chi connectivity index (χ1v) is 10.6. The molecule has 0 spiro atoms. The number of hydrogen-bond acceptors (Lipinski definition) is 3. The normalized spacial score (nSPS) is 19.0. The van der Waals surface area contributed by atoms with Crippen LogP contribution in [0.25, 0.3) is 0 Å². The summed E-state index contributed by atoms with van der Waals surface area (Å²) in [6, 6.07) is 19.7. The third kappa shape index (κ3) is 4.61. The molecule has 32 heavy (non-hydrogen) atoms. The predicted octanol–water partition coefficient (Wildman–Crippen LogP) is 4.02. The highest BCUT2D eigenvalue weighted by Crippen LogP contribution is 2.27. The fraction of sp³-hybridized carbons (Fsp3) is 0.125. The van der Waals surface area contributed by atoms with Gasteiger partial charge in [0.15, 0.2) is 6.04 Å². The van der Waals surface area contributed by atoms with Crippen LogP contribution in [0.3, 0.4) is 0 Å². The standard InChI is InChI=1S/C24H19Cl2N3O3/c1-32-20-5-3-2-4-17(20)14-29-22(15-6-10-18(25)11-7-15)21(24(31)28-29)27-23(30)16-8-12-19(26)13-9-16/h2-14,21-22H,1H3,(H-,27,28,30,31)/p+1/b29-14-/t21-,22-/m1/s1. The Kier molecular flexibility index (Phi) is 6.44. The van der Waals surface area contributed by atoms with Crippen molar-refractivity contribution in [3.05, 3.63) is 99.5 Å². The molecular formula is C24H20Cl2N3O3+. The first-order chi connectivity index (χ1) is 15.5. The van der Waals surface area contributed by atoms with Gasteiger partial charge in [0.25, 0.3) is 5.91 Å². The maximum absolute atomic E-state index is 12.9. The minimum Gasteiger partial charge on any atom is -0.496 e. The van der Waals surface area contributed by atoms with Crippen LogP contribution in [0.4, 0.5) is 0 Å². The van der Waals surface area contributed by atoms with Crippen LogP contribution in [0.5, 0.6) is 5.75 Å². The van der Waals surface area contributed by atoms with Crippen molar-refractivity contribution in [2.24, 2.45) is 0 Å². The summed E-state index contributed by atoms with van der Waals surface area (Å²) >= 11 is 12.0. The summed E-state index contributed by atoms with van der Waals surface area (Å²) < 4.78 is 7.11.